The summed E-state index contributed by atoms with van der Waals surface area (Å²) in [6, 6.07) is 3.42. The molecule has 140 valence electrons. The molecule has 1 spiro atoms. The van der Waals surface area contributed by atoms with Gasteiger partial charge in [0.15, 0.2) is 0 Å². The van der Waals surface area contributed by atoms with Crippen molar-refractivity contribution in [2.75, 3.05) is 23.3 Å². The number of carbonyl (C=O) groups is 1. The van der Waals surface area contributed by atoms with E-state index in [1.54, 1.807) is 12.1 Å². The van der Waals surface area contributed by atoms with Crippen LogP contribution in [0.5, 0.6) is 0 Å². The number of aryl methyl sites for hydroxylation is 1. The van der Waals surface area contributed by atoms with Crippen molar-refractivity contribution in [1.82, 2.24) is 0 Å². The minimum Gasteiger partial charge on any atom is -0.365 e. The fraction of sp³-hybridized carbons (Fsp3) is 0.632. The van der Waals surface area contributed by atoms with Gasteiger partial charge >= 0.3 is 0 Å². The zero-order chi connectivity index (χ0) is 18.5. The lowest BCUT2D eigenvalue weighted by Gasteiger charge is -2.49. The lowest BCUT2D eigenvalue weighted by molar-refractivity contribution is -0.384. The third-order valence-corrected chi connectivity index (χ3v) is 5.69. The maximum absolute atomic E-state index is 11.8. The topological polar surface area (TPSA) is 84.7 Å². The van der Waals surface area contributed by atoms with Crippen LogP contribution in [0.25, 0.3) is 0 Å². The summed E-state index contributed by atoms with van der Waals surface area (Å²) in [6.07, 6.45) is 5.15. The van der Waals surface area contributed by atoms with Gasteiger partial charge < -0.3 is 15.0 Å². The number of hydrogen-bond donors (Lipinski definition) is 1. The van der Waals surface area contributed by atoms with Crippen molar-refractivity contribution >= 4 is 23.0 Å². The van der Waals surface area contributed by atoms with Crippen molar-refractivity contribution in [2.24, 2.45) is 0 Å². The fourth-order valence-corrected chi connectivity index (χ4v) is 4.77. The number of rotatable bonds is 2. The molecular weight excluding hydrogens is 334 g/mol. The maximum atomic E-state index is 11.8. The van der Waals surface area contributed by atoms with E-state index in [2.05, 4.69) is 10.2 Å². The largest absolute Gasteiger partial charge is 0.365 e. The molecule has 0 atom stereocenters. The molecule has 1 saturated heterocycles. The smallest absolute Gasteiger partial charge is 0.292 e. The van der Waals surface area contributed by atoms with Gasteiger partial charge in [0.2, 0.25) is 5.91 Å². The van der Waals surface area contributed by atoms with E-state index in [1.807, 2.05) is 13.8 Å². The highest BCUT2D eigenvalue weighted by Gasteiger charge is 2.47. The summed E-state index contributed by atoms with van der Waals surface area (Å²) >= 11 is 0. The number of morpholine rings is 1. The number of amides is 1. The minimum atomic E-state index is -0.379. The first-order valence-corrected chi connectivity index (χ1v) is 9.33. The molecule has 3 aliphatic rings. The van der Waals surface area contributed by atoms with Crippen LogP contribution < -0.4 is 10.2 Å². The van der Waals surface area contributed by atoms with Gasteiger partial charge in [-0.1, -0.05) is 12.8 Å². The lowest BCUT2D eigenvalue weighted by atomic mass is 9.93. The Bertz CT molecular complexity index is 768. The number of anilines is 2. The molecule has 0 radical (unpaired) electrons. The van der Waals surface area contributed by atoms with E-state index < -0.39 is 0 Å². The molecule has 2 heterocycles. The Morgan fingerprint density at radius 3 is 2.62 bits per heavy atom. The van der Waals surface area contributed by atoms with Gasteiger partial charge in [-0.15, -0.1) is 0 Å². The first-order chi connectivity index (χ1) is 12.3. The van der Waals surface area contributed by atoms with Crippen molar-refractivity contribution in [3.63, 3.8) is 0 Å². The predicted octanol–water partition coefficient (Wildman–Crippen LogP) is 3.41. The molecule has 0 bridgehead atoms. The standard InChI is InChI=1S/C19H25N3O4/c1-18(2)11-21(12-19(26-18)7-3-4-8-19)15-10-14-13(5-6-17(23)20-14)9-16(15)22(24)25/h9-10H,3-8,11-12H2,1-2H3,(H,20,23). The van der Waals surface area contributed by atoms with Crippen LogP contribution in [0.3, 0.4) is 0 Å². The molecule has 7 nitrogen and oxygen atoms in total. The Balaban J connectivity index is 1.76. The van der Waals surface area contributed by atoms with Crippen molar-refractivity contribution in [2.45, 2.75) is 63.6 Å². The SMILES string of the molecule is CC1(C)CN(c2cc3c(cc2[N+](=O)[O-])CCC(=O)N3)CC2(CCCC2)O1. The Hall–Kier alpha value is -2.15. The quantitative estimate of drug-likeness (QED) is 0.646. The van der Waals surface area contributed by atoms with E-state index in [9.17, 15) is 14.9 Å². The van der Waals surface area contributed by atoms with Crippen molar-refractivity contribution in [1.29, 1.82) is 0 Å². The first-order valence-electron chi connectivity index (χ1n) is 9.33. The van der Waals surface area contributed by atoms with Crippen LogP contribution >= 0.6 is 0 Å². The van der Waals surface area contributed by atoms with Gasteiger partial charge in [-0.2, -0.15) is 0 Å². The molecule has 1 aromatic carbocycles. The number of nitro benzene ring substituents is 1. The number of nitro groups is 1. The summed E-state index contributed by atoms with van der Waals surface area (Å²) in [6.45, 7) is 5.34. The zero-order valence-electron chi connectivity index (χ0n) is 15.3. The highest BCUT2D eigenvalue weighted by molar-refractivity contribution is 5.95. The van der Waals surface area contributed by atoms with Gasteiger partial charge in [0.25, 0.3) is 5.69 Å². The van der Waals surface area contributed by atoms with Gasteiger partial charge in [0, 0.05) is 31.3 Å². The van der Waals surface area contributed by atoms with E-state index in [4.69, 9.17) is 4.74 Å². The van der Waals surface area contributed by atoms with Crippen LogP contribution in [0.4, 0.5) is 17.1 Å². The Labute approximate surface area is 152 Å². The minimum absolute atomic E-state index is 0.0353. The van der Waals surface area contributed by atoms with Gasteiger partial charge in [0.05, 0.1) is 16.1 Å². The second kappa shape index (κ2) is 5.94. The van der Waals surface area contributed by atoms with Crippen LogP contribution in [0.2, 0.25) is 0 Å². The summed E-state index contributed by atoms with van der Waals surface area (Å²) in [5, 5.41) is 14.6. The average molecular weight is 359 g/mol. The van der Waals surface area contributed by atoms with Crippen LogP contribution in [-0.2, 0) is 16.0 Å². The van der Waals surface area contributed by atoms with Crippen molar-refractivity contribution in [3.05, 3.63) is 27.8 Å². The number of nitrogens with zero attached hydrogens (tertiary/aromatic N) is 2. The number of benzene rings is 1. The molecule has 0 unspecified atom stereocenters. The molecule has 1 N–H and O–H groups in total. The summed E-state index contributed by atoms with van der Waals surface area (Å²) in [7, 11) is 0. The van der Waals surface area contributed by atoms with Gasteiger partial charge in [0.1, 0.15) is 5.69 Å². The van der Waals surface area contributed by atoms with E-state index in [1.165, 1.54) is 0 Å². The zero-order valence-corrected chi connectivity index (χ0v) is 15.3. The van der Waals surface area contributed by atoms with Gasteiger partial charge in [-0.3, -0.25) is 14.9 Å². The molecule has 26 heavy (non-hydrogen) atoms. The van der Waals surface area contributed by atoms with Crippen LogP contribution in [0.1, 0.15) is 51.5 Å². The highest BCUT2D eigenvalue weighted by Crippen LogP contribution is 2.44. The van der Waals surface area contributed by atoms with E-state index >= 15 is 0 Å². The van der Waals surface area contributed by atoms with Crippen molar-refractivity contribution in [3.8, 4) is 0 Å². The molecule has 1 aliphatic carbocycles. The van der Waals surface area contributed by atoms with E-state index in [0.717, 1.165) is 31.2 Å². The van der Waals surface area contributed by atoms with E-state index in [-0.39, 0.29) is 27.7 Å². The summed E-state index contributed by atoms with van der Waals surface area (Å²) in [5.74, 6) is -0.0353. The molecular formula is C19H25N3O4. The van der Waals surface area contributed by atoms with Gasteiger partial charge in [-0.05, 0) is 44.7 Å². The molecule has 1 saturated carbocycles. The van der Waals surface area contributed by atoms with Crippen LogP contribution in [-0.4, -0.2) is 35.1 Å². The first kappa shape index (κ1) is 17.3. The fourth-order valence-electron chi connectivity index (χ4n) is 4.77. The third kappa shape index (κ3) is 3.05. The normalized spacial score (nSPS) is 23.6. The summed E-state index contributed by atoms with van der Waals surface area (Å²) in [5.41, 5.74) is 1.63. The Morgan fingerprint density at radius 1 is 1.19 bits per heavy atom. The Morgan fingerprint density at radius 2 is 1.92 bits per heavy atom. The average Bonchev–Trinajstić information content (AvgIpc) is 2.98. The number of carbonyl (C=O) groups excluding carboxylic acids is 1. The van der Waals surface area contributed by atoms with Gasteiger partial charge in [-0.25, -0.2) is 0 Å². The second-order valence-corrected chi connectivity index (χ2v) is 8.41. The van der Waals surface area contributed by atoms with Crippen LogP contribution in [0, 0.1) is 10.1 Å². The van der Waals surface area contributed by atoms with Crippen molar-refractivity contribution < 1.29 is 14.5 Å². The van der Waals surface area contributed by atoms with Crippen LogP contribution in [0.15, 0.2) is 12.1 Å². The molecule has 2 fully saturated rings. The molecule has 7 heteroatoms. The Kier molecular flexibility index (Phi) is 3.95. The lowest BCUT2D eigenvalue weighted by Crippen LogP contribution is -2.58. The number of fused-ring (bicyclic) bond motifs is 1. The number of ether oxygens (including phenoxy) is 1. The second-order valence-electron chi connectivity index (χ2n) is 8.41. The molecule has 2 aliphatic heterocycles. The van der Waals surface area contributed by atoms with E-state index in [0.29, 0.717) is 37.3 Å². The summed E-state index contributed by atoms with van der Waals surface area (Å²) in [4.78, 5) is 25.3. The molecule has 1 amide bonds. The number of hydrogen-bond acceptors (Lipinski definition) is 5. The maximum Gasteiger partial charge on any atom is 0.292 e. The number of nitrogens with one attached hydrogen (secondary N) is 1. The monoisotopic (exact) mass is 359 g/mol. The highest BCUT2D eigenvalue weighted by atomic mass is 16.6. The third-order valence-electron chi connectivity index (χ3n) is 5.69. The predicted molar refractivity (Wildman–Crippen MR) is 98.6 cm³/mol. The molecule has 0 aromatic heterocycles. The summed E-state index contributed by atoms with van der Waals surface area (Å²) < 4.78 is 6.42. The molecule has 1 aromatic rings. The molecule has 4 rings (SSSR count).